The number of fused-ring (bicyclic) bond motifs is 1. The minimum atomic E-state index is -3.44. The molecule has 0 unspecified atom stereocenters. The molecule has 1 saturated heterocycles. The van der Waals surface area contributed by atoms with E-state index in [9.17, 15) is 17.6 Å². The number of amides is 1. The highest BCUT2D eigenvalue weighted by atomic mass is 32.2. The van der Waals surface area contributed by atoms with E-state index in [1.54, 1.807) is 36.9 Å². The molecule has 6 nitrogen and oxygen atoms in total. The molecule has 1 fully saturated rings. The van der Waals surface area contributed by atoms with Gasteiger partial charge in [0.15, 0.2) is 9.84 Å². The summed E-state index contributed by atoms with van der Waals surface area (Å²) in [4.78, 5) is 19.2. The van der Waals surface area contributed by atoms with Gasteiger partial charge in [-0.1, -0.05) is 17.4 Å². The molecule has 3 aromatic rings. The first-order valence-electron chi connectivity index (χ1n) is 10.1. The van der Waals surface area contributed by atoms with Crippen LogP contribution in [0.25, 0.3) is 10.2 Å². The van der Waals surface area contributed by atoms with E-state index in [1.807, 2.05) is 0 Å². The van der Waals surface area contributed by atoms with Crippen molar-refractivity contribution < 1.29 is 22.3 Å². The maximum absolute atomic E-state index is 13.4. The molecule has 1 aliphatic heterocycles. The normalized spacial score (nSPS) is 15.5. The van der Waals surface area contributed by atoms with Gasteiger partial charge in [-0.05, 0) is 50.2 Å². The third-order valence-corrected chi connectivity index (χ3v) is 8.42. The van der Waals surface area contributed by atoms with E-state index in [0.717, 1.165) is 4.70 Å². The fraction of sp³-hybridized carbons (Fsp3) is 0.364. The Morgan fingerprint density at radius 1 is 1.19 bits per heavy atom. The summed E-state index contributed by atoms with van der Waals surface area (Å²) in [6.45, 7) is 4.25. The van der Waals surface area contributed by atoms with Gasteiger partial charge in [-0.2, -0.15) is 0 Å². The fourth-order valence-corrected chi connectivity index (χ4v) is 5.52. The number of halogens is 1. The summed E-state index contributed by atoms with van der Waals surface area (Å²) in [6.07, 6.45) is 1.20. The van der Waals surface area contributed by atoms with Crippen molar-refractivity contribution in [2.45, 2.75) is 42.9 Å². The van der Waals surface area contributed by atoms with Gasteiger partial charge >= 0.3 is 0 Å². The van der Waals surface area contributed by atoms with Crippen LogP contribution in [0.2, 0.25) is 0 Å². The molecule has 0 N–H and O–H groups in total. The second-order valence-corrected chi connectivity index (χ2v) is 11.3. The highest BCUT2D eigenvalue weighted by Crippen LogP contribution is 2.30. The lowest BCUT2D eigenvalue weighted by Crippen LogP contribution is -2.41. The van der Waals surface area contributed by atoms with E-state index in [0.29, 0.717) is 42.2 Å². The van der Waals surface area contributed by atoms with Crippen LogP contribution in [0.3, 0.4) is 0 Å². The van der Waals surface area contributed by atoms with Gasteiger partial charge in [0.25, 0.3) is 11.1 Å². The summed E-state index contributed by atoms with van der Waals surface area (Å²) in [5.74, 6) is -0.491. The van der Waals surface area contributed by atoms with Crippen molar-refractivity contribution >= 4 is 37.3 Å². The topological polar surface area (TPSA) is 76.6 Å². The molecule has 9 heteroatoms. The van der Waals surface area contributed by atoms with Crippen LogP contribution in [0.15, 0.2) is 47.4 Å². The molecular formula is C22H23FN2O4S2. The zero-order valence-electron chi connectivity index (χ0n) is 17.2. The largest absolute Gasteiger partial charge is 0.467 e. The van der Waals surface area contributed by atoms with Crippen molar-refractivity contribution in [1.29, 1.82) is 0 Å². The molecular weight excluding hydrogens is 439 g/mol. The van der Waals surface area contributed by atoms with Crippen molar-refractivity contribution in [1.82, 2.24) is 9.88 Å². The number of rotatable bonds is 5. The number of aromatic nitrogens is 1. The first-order chi connectivity index (χ1) is 14.7. The third kappa shape index (κ3) is 4.57. The predicted octanol–water partition coefficient (Wildman–Crippen LogP) is 4.30. The standard InChI is InChI=1S/C22H23FN2O4S2/c1-14(2)31(27,28)18-5-3-4-15(12-18)21(26)25-10-8-17(9-11-25)29-22-24-19-7-6-16(23)13-20(19)30-22/h3-7,12-14,17H,8-11H2,1-2H3. The van der Waals surface area contributed by atoms with Gasteiger partial charge in [-0.15, -0.1) is 0 Å². The van der Waals surface area contributed by atoms with Crippen molar-refractivity contribution in [3.63, 3.8) is 0 Å². The molecule has 1 amide bonds. The van der Waals surface area contributed by atoms with Crippen LogP contribution in [-0.2, 0) is 9.84 Å². The Kier molecular flexibility index (Phi) is 5.98. The minimum Gasteiger partial charge on any atom is -0.467 e. The molecule has 4 rings (SSSR count). The predicted molar refractivity (Wildman–Crippen MR) is 118 cm³/mol. The smallest absolute Gasteiger partial charge is 0.274 e. The third-order valence-electron chi connectivity index (χ3n) is 5.36. The van der Waals surface area contributed by atoms with Crippen LogP contribution in [0.4, 0.5) is 4.39 Å². The highest BCUT2D eigenvalue weighted by Gasteiger charge is 2.27. The Balaban J connectivity index is 1.40. The number of carbonyl (C=O) groups is 1. The number of sulfone groups is 1. The molecule has 1 aliphatic rings. The van der Waals surface area contributed by atoms with Gasteiger partial charge in [0.1, 0.15) is 11.9 Å². The van der Waals surface area contributed by atoms with Gasteiger partial charge in [0.05, 0.1) is 20.4 Å². The number of likely N-dealkylation sites (tertiary alicyclic amines) is 1. The molecule has 0 bridgehead atoms. The molecule has 31 heavy (non-hydrogen) atoms. The van der Waals surface area contributed by atoms with Gasteiger partial charge in [-0.25, -0.2) is 17.8 Å². The second kappa shape index (κ2) is 8.55. The quantitative estimate of drug-likeness (QED) is 0.565. The van der Waals surface area contributed by atoms with E-state index in [-0.39, 0.29) is 22.7 Å². The van der Waals surface area contributed by atoms with Gasteiger partial charge in [0, 0.05) is 31.5 Å². The molecule has 1 aromatic heterocycles. The van der Waals surface area contributed by atoms with E-state index in [1.165, 1.54) is 35.6 Å². The Hall–Kier alpha value is -2.52. The van der Waals surface area contributed by atoms with E-state index >= 15 is 0 Å². The minimum absolute atomic E-state index is 0.0814. The number of nitrogens with zero attached hydrogens (tertiary/aromatic N) is 2. The van der Waals surface area contributed by atoms with Crippen molar-refractivity contribution in [2.75, 3.05) is 13.1 Å². The molecule has 0 atom stereocenters. The summed E-state index contributed by atoms with van der Waals surface area (Å²) in [6, 6.07) is 10.7. The number of piperidine rings is 1. The summed E-state index contributed by atoms with van der Waals surface area (Å²) in [5.41, 5.74) is 1.07. The average Bonchev–Trinajstić information content (AvgIpc) is 3.15. The molecule has 2 heterocycles. The highest BCUT2D eigenvalue weighted by molar-refractivity contribution is 7.92. The number of hydrogen-bond acceptors (Lipinski definition) is 6. The Bertz CT molecular complexity index is 1220. The number of thiazole rings is 1. The van der Waals surface area contributed by atoms with Crippen LogP contribution in [-0.4, -0.2) is 48.7 Å². The van der Waals surface area contributed by atoms with Crippen LogP contribution in [0, 0.1) is 5.82 Å². The maximum Gasteiger partial charge on any atom is 0.274 e. The first kappa shape index (κ1) is 21.7. The summed E-state index contributed by atoms with van der Waals surface area (Å²) in [5, 5.41) is -0.0540. The van der Waals surface area contributed by atoms with Crippen molar-refractivity contribution in [3.05, 3.63) is 53.8 Å². The first-order valence-corrected chi connectivity index (χ1v) is 12.5. The van der Waals surface area contributed by atoms with Crippen molar-refractivity contribution in [2.24, 2.45) is 0 Å². The molecule has 0 spiro atoms. The van der Waals surface area contributed by atoms with Gasteiger partial charge < -0.3 is 9.64 Å². The molecule has 164 valence electrons. The van der Waals surface area contributed by atoms with Crippen molar-refractivity contribution in [3.8, 4) is 5.19 Å². The van der Waals surface area contributed by atoms with Crippen LogP contribution in [0.5, 0.6) is 5.19 Å². The molecule has 2 aromatic carbocycles. The lowest BCUT2D eigenvalue weighted by molar-refractivity contribution is 0.0595. The summed E-state index contributed by atoms with van der Waals surface area (Å²) in [7, 11) is -3.44. The number of ether oxygens (including phenoxy) is 1. The molecule has 0 saturated carbocycles. The van der Waals surface area contributed by atoms with Crippen LogP contribution < -0.4 is 4.74 Å². The number of carbonyl (C=O) groups excluding carboxylic acids is 1. The number of hydrogen-bond donors (Lipinski definition) is 0. The van der Waals surface area contributed by atoms with Crippen LogP contribution >= 0.6 is 11.3 Å². The Morgan fingerprint density at radius 3 is 2.65 bits per heavy atom. The Morgan fingerprint density at radius 2 is 1.94 bits per heavy atom. The van der Waals surface area contributed by atoms with E-state index < -0.39 is 15.1 Å². The lowest BCUT2D eigenvalue weighted by atomic mass is 10.1. The van der Waals surface area contributed by atoms with Gasteiger partial charge in [0.2, 0.25) is 0 Å². The Labute approximate surface area is 184 Å². The summed E-state index contributed by atoms with van der Waals surface area (Å²) >= 11 is 1.30. The zero-order valence-corrected chi connectivity index (χ0v) is 18.9. The van der Waals surface area contributed by atoms with E-state index in [4.69, 9.17) is 4.74 Å². The van der Waals surface area contributed by atoms with Gasteiger partial charge in [-0.3, -0.25) is 4.79 Å². The SMILES string of the molecule is CC(C)S(=O)(=O)c1cccc(C(=O)N2CCC(Oc3nc4ccc(F)cc4s3)CC2)c1. The number of benzene rings is 2. The second-order valence-electron chi connectivity index (χ2n) is 7.82. The summed E-state index contributed by atoms with van der Waals surface area (Å²) < 4.78 is 44.9. The fourth-order valence-electron chi connectivity index (χ4n) is 3.51. The monoisotopic (exact) mass is 462 g/mol. The van der Waals surface area contributed by atoms with E-state index in [2.05, 4.69) is 4.98 Å². The lowest BCUT2D eigenvalue weighted by Gasteiger charge is -2.31. The average molecular weight is 463 g/mol. The molecule has 0 aliphatic carbocycles. The zero-order chi connectivity index (χ0) is 22.2. The molecule has 0 radical (unpaired) electrons. The van der Waals surface area contributed by atoms with Crippen LogP contribution in [0.1, 0.15) is 37.0 Å². The maximum atomic E-state index is 13.4.